The minimum Gasteiger partial charge on any atom is -0.340 e. The molecule has 0 radical (unpaired) electrons. The van der Waals surface area contributed by atoms with E-state index in [0.717, 1.165) is 31.9 Å². The van der Waals surface area contributed by atoms with E-state index in [1.165, 1.54) is 11.8 Å². The maximum absolute atomic E-state index is 13.2. The largest absolute Gasteiger partial charge is 0.340 e. The van der Waals surface area contributed by atoms with Crippen LogP contribution in [0.2, 0.25) is 0 Å². The highest BCUT2D eigenvalue weighted by Crippen LogP contribution is 2.33. The quantitative estimate of drug-likeness (QED) is 0.608. The molecule has 1 atom stereocenters. The highest BCUT2D eigenvalue weighted by molar-refractivity contribution is 7.99. The number of thioether (sulfide) groups is 1. The van der Waals surface area contributed by atoms with Crippen molar-refractivity contribution in [2.45, 2.75) is 17.6 Å². The summed E-state index contributed by atoms with van der Waals surface area (Å²) < 4.78 is 3.39. The van der Waals surface area contributed by atoms with Crippen molar-refractivity contribution in [2.24, 2.45) is 0 Å². The van der Waals surface area contributed by atoms with E-state index < -0.39 is 0 Å². The molecule has 0 N–H and O–H groups in total. The monoisotopic (exact) mass is 410 g/mol. The minimum atomic E-state index is -0.161. The molecule has 0 spiro atoms. The molecule has 1 amide bonds. The fourth-order valence-electron chi connectivity index (χ4n) is 3.93. The van der Waals surface area contributed by atoms with E-state index in [1.807, 2.05) is 35.2 Å². The fourth-order valence-corrected chi connectivity index (χ4v) is 5.06. The molecule has 1 aromatic carbocycles. The number of likely N-dealkylation sites (N-methyl/N-ethyl adjacent to an activating group) is 1. The summed E-state index contributed by atoms with van der Waals surface area (Å²) in [5.74, 6) is 0.802. The molecule has 1 fully saturated rings. The number of piperazine rings is 1. The van der Waals surface area contributed by atoms with Gasteiger partial charge in [-0.2, -0.15) is 5.10 Å². The van der Waals surface area contributed by atoms with Crippen molar-refractivity contribution in [3.8, 4) is 5.69 Å². The van der Waals surface area contributed by atoms with Gasteiger partial charge in [0.1, 0.15) is 5.39 Å². The van der Waals surface area contributed by atoms with Gasteiger partial charge in [-0.1, -0.05) is 30.0 Å². The van der Waals surface area contributed by atoms with Gasteiger partial charge in [-0.05, 0) is 19.2 Å². The Hall–Kier alpha value is -2.65. The average molecular weight is 411 g/mol. The van der Waals surface area contributed by atoms with Gasteiger partial charge in [0.05, 0.1) is 17.9 Å². The van der Waals surface area contributed by atoms with Crippen LogP contribution < -0.4 is 5.56 Å². The van der Waals surface area contributed by atoms with Gasteiger partial charge in [0.2, 0.25) is 5.91 Å². The lowest BCUT2D eigenvalue weighted by Gasteiger charge is -2.33. The van der Waals surface area contributed by atoms with Crippen molar-refractivity contribution in [1.29, 1.82) is 0 Å². The Kier molecular flexibility index (Phi) is 4.63. The maximum Gasteiger partial charge on any atom is 0.265 e. The number of hydrogen-bond donors (Lipinski definition) is 0. The molecule has 0 saturated carbocycles. The molecule has 0 aliphatic carbocycles. The molecule has 9 heteroatoms. The predicted molar refractivity (Wildman–Crippen MR) is 112 cm³/mol. The summed E-state index contributed by atoms with van der Waals surface area (Å²) in [5.41, 5.74) is 1.31. The highest BCUT2D eigenvalue weighted by atomic mass is 32.2. The molecule has 29 heavy (non-hydrogen) atoms. The van der Waals surface area contributed by atoms with Gasteiger partial charge in [0, 0.05) is 38.4 Å². The van der Waals surface area contributed by atoms with Gasteiger partial charge >= 0.3 is 0 Å². The molecular formula is C20H22N6O2S. The summed E-state index contributed by atoms with van der Waals surface area (Å²) in [7, 11) is 2.07. The highest BCUT2D eigenvalue weighted by Gasteiger charge is 2.31. The summed E-state index contributed by atoms with van der Waals surface area (Å²) in [5, 5.41) is 5.53. The third-order valence-corrected chi connectivity index (χ3v) is 6.74. The summed E-state index contributed by atoms with van der Waals surface area (Å²) >= 11 is 1.53. The number of carbonyl (C=O) groups is 1. The van der Waals surface area contributed by atoms with Crippen molar-refractivity contribution in [3.05, 3.63) is 46.9 Å². The first-order valence-corrected chi connectivity index (χ1v) is 10.7. The molecule has 2 aliphatic heterocycles. The average Bonchev–Trinajstić information content (AvgIpc) is 3.34. The number of para-hydroxylation sites is 1. The van der Waals surface area contributed by atoms with Gasteiger partial charge < -0.3 is 9.80 Å². The first-order chi connectivity index (χ1) is 14.1. The van der Waals surface area contributed by atoms with E-state index in [4.69, 9.17) is 4.98 Å². The Labute approximate surface area is 172 Å². The molecule has 4 heterocycles. The molecular weight excluding hydrogens is 388 g/mol. The number of aromatic nitrogens is 4. The molecule has 2 aliphatic rings. The van der Waals surface area contributed by atoms with Crippen molar-refractivity contribution < 1.29 is 4.79 Å². The van der Waals surface area contributed by atoms with E-state index >= 15 is 0 Å². The van der Waals surface area contributed by atoms with Crippen LogP contribution in [0.4, 0.5) is 0 Å². The van der Waals surface area contributed by atoms with Gasteiger partial charge in [0.15, 0.2) is 10.8 Å². The van der Waals surface area contributed by atoms with Crippen LogP contribution in [0.25, 0.3) is 16.7 Å². The topological polar surface area (TPSA) is 76.3 Å². The number of benzene rings is 1. The summed E-state index contributed by atoms with van der Waals surface area (Å²) in [6.45, 7) is 3.28. The third kappa shape index (κ3) is 3.24. The summed E-state index contributed by atoms with van der Waals surface area (Å²) in [6, 6.07) is 9.50. The van der Waals surface area contributed by atoms with Crippen LogP contribution in [-0.2, 0) is 4.79 Å². The zero-order chi connectivity index (χ0) is 20.0. The van der Waals surface area contributed by atoms with Crippen molar-refractivity contribution in [2.75, 3.05) is 39.0 Å². The van der Waals surface area contributed by atoms with E-state index in [9.17, 15) is 9.59 Å². The summed E-state index contributed by atoms with van der Waals surface area (Å²) in [4.78, 5) is 34.8. The molecule has 2 aromatic heterocycles. The number of rotatable bonds is 3. The second-order valence-corrected chi connectivity index (χ2v) is 8.54. The Morgan fingerprint density at radius 3 is 2.69 bits per heavy atom. The number of amides is 1. The lowest BCUT2D eigenvalue weighted by Crippen LogP contribution is -2.47. The Morgan fingerprint density at radius 2 is 1.93 bits per heavy atom. The second kappa shape index (κ2) is 7.31. The number of fused-ring (bicyclic) bond motifs is 2. The van der Waals surface area contributed by atoms with Crippen LogP contribution in [0.1, 0.15) is 12.5 Å². The number of hydrogen-bond acceptors (Lipinski definition) is 6. The molecule has 1 unspecified atom stereocenters. The molecule has 3 aromatic rings. The lowest BCUT2D eigenvalue weighted by atomic mass is 10.2. The number of nitrogens with zero attached hydrogens (tertiary/aromatic N) is 6. The standard InChI is InChI=1S/C20H22N6O2S/c1-23-7-9-24(10-8-23)17(27)11-15-13-29-20-22-18-16(19(28)25(15)20)12-21-26(18)14-5-3-2-4-6-14/h2-6,12,15H,7-11,13H2,1H3. The van der Waals surface area contributed by atoms with E-state index in [2.05, 4.69) is 17.0 Å². The van der Waals surface area contributed by atoms with Crippen LogP contribution in [0, 0.1) is 0 Å². The van der Waals surface area contributed by atoms with Crippen molar-refractivity contribution in [1.82, 2.24) is 29.1 Å². The van der Waals surface area contributed by atoms with E-state index in [1.54, 1.807) is 15.4 Å². The normalized spacial score (nSPS) is 19.6. The Bertz CT molecular complexity index is 1120. The molecule has 8 nitrogen and oxygen atoms in total. The van der Waals surface area contributed by atoms with Crippen molar-refractivity contribution >= 4 is 28.7 Å². The van der Waals surface area contributed by atoms with Gasteiger partial charge in [-0.25, -0.2) is 9.67 Å². The second-order valence-electron chi connectivity index (χ2n) is 7.55. The summed E-state index contributed by atoms with van der Waals surface area (Å²) in [6.07, 6.45) is 1.91. The van der Waals surface area contributed by atoms with Crippen LogP contribution >= 0.6 is 11.8 Å². The zero-order valence-electron chi connectivity index (χ0n) is 16.2. The Balaban J connectivity index is 1.45. The number of carbonyl (C=O) groups excluding carboxylic acids is 1. The molecule has 1 saturated heterocycles. The SMILES string of the molecule is CN1CCN(C(=O)CC2CSc3nc4c(cnn4-c4ccccc4)c(=O)n32)CC1. The van der Waals surface area contributed by atoms with E-state index in [0.29, 0.717) is 28.4 Å². The molecule has 0 bridgehead atoms. The van der Waals surface area contributed by atoms with E-state index in [-0.39, 0.29) is 17.5 Å². The first-order valence-electron chi connectivity index (χ1n) is 9.76. The van der Waals surface area contributed by atoms with Crippen LogP contribution in [0.15, 0.2) is 46.5 Å². The molecule has 150 valence electrons. The zero-order valence-corrected chi connectivity index (χ0v) is 17.0. The maximum atomic E-state index is 13.2. The predicted octanol–water partition coefficient (Wildman–Crippen LogP) is 1.39. The smallest absolute Gasteiger partial charge is 0.265 e. The third-order valence-electron chi connectivity index (χ3n) is 5.64. The molecule has 5 rings (SSSR count). The minimum absolute atomic E-state index is 0.114. The Morgan fingerprint density at radius 1 is 1.17 bits per heavy atom. The first kappa shape index (κ1) is 18.4. The van der Waals surface area contributed by atoms with Gasteiger partial charge in [0.25, 0.3) is 5.56 Å². The van der Waals surface area contributed by atoms with Crippen LogP contribution in [-0.4, -0.2) is 74.0 Å². The van der Waals surface area contributed by atoms with Crippen LogP contribution in [0.5, 0.6) is 0 Å². The fraction of sp³-hybridized carbons (Fsp3) is 0.400. The lowest BCUT2D eigenvalue weighted by molar-refractivity contribution is -0.133. The van der Waals surface area contributed by atoms with Crippen LogP contribution in [0.3, 0.4) is 0 Å². The van der Waals surface area contributed by atoms with Gasteiger partial charge in [-0.3, -0.25) is 14.2 Å². The van der Waals surface area contributed by atoms with Gasteiger partial charge in [-0.15, -0.1) is 0 Å². The van der Waals surface area contributed by atoms with Crippen molar-refractivity contribution in [3.63, 3.8) is 0 Å².